The predicted octanol–water partition coefficient (Wildman–Crippen LogP) is 3.62. The van der Waals surface area contributed by atoms with Crippen molar-refractivity contribution >= 4 is 22.5 Å². The van der Waals surface area contributed by atoms with Crippen molar-refractivity contribution in [2.24, 2.45) is 0 Å². The molecule has 2 fully saturated rings. The maximum Gasteiger partial charge on any atom is 0.295 e. The number of carbonyl (C=O) groups excluding carboxylic acids is 1. The van der Waals surface area contributed by atoms with E-state index in [9.17, 15) is 14.9 Å². The number of nitro groups is 1. The number of rotatable bonds is 4. The van der Waals surface area contributed by atoms with Gasteiger partial charge in [0.15, 0.2) is 0 Å². The van der Waals surface area contributed by atoms with Crippen LogP contribution in [0.15, 0.2) is 30.5 Å². The molecule has 0 spiro atoms. The van der Waals surface area contributed by atoms with Gasteiger partial charge in [-0.3, -0.25) is 19.8 Å². The number of likely N-dealkylation sites (N-methyl/N-ethyl adjacent to an activating group) is 1. The Bertz CT molecular complexity index is 894. The van der Waals surface area contributed by atoms with Gasteiger partial charge >= 0.3 is 0 Å². The van der Waals surface area contributed by atoms with Crippen LogP contribution in [0.25, 0.3) is 10.9 Å². The standard InChI is InChI=1S/C21H26N4O3/c1-23(16-11-13-24(14-16)15-6-3-2-4-7-15)21(26)18-10-12-22-20-17(18)8-5-9-19(20)25(27)28/h5,8-10,12,15-16H,2-4,6-7,11,13-14H2,1H3. The molecular weight excluding hydrogens is 356 g/mol. The van der Waals surface area contributed by atoms with E-state index in [1.165, 1.54) is 44.4 Å². The molecule has 1 amide bonds. The number of nitrogens with zero attached hydrogens (tertiary/aromatic N) is 4. The Morgan fingerprint density at radius 1 is 1.21 bits per heavy atom. The lowest BCUT2D eigenvalue weighted by Crippen LogP contribution is -2.41. The summed E-state index contributed by atoms with van der Waals surface area (Å²) in [6, 6.07) is 7.27. The van der Waals surface area contributed by atoms with Crippen molar-refractivity contribution in [1.29, 1.82) is 0 Å². The number of benzene rings is 1. The van der Waals surface area contributed by atoms with E-state index in [0.717, 1.165) is 19.5 Å². The Labute approximate surface area is 164 Å². The number of pyridine rings is 1. The highest BCUT2D eigenvalue weighted by Crippen LogP contribution is 2.29. The van der Waals surface area contributed by atoms with Gasteiger partial charge in [-0.15, -0.1) is 0 Å². The lowest BCUT2D eigenvalue weighted by atomic mass is 9.94. The highest BCUT2D eigenvalue weighted by Gasteiger charge is 2.33. The molecule has 1 atom stereocenters. The van der Waals surface area contributed by atoms with E-state index in [0.29, 0.717) is 17.0 Å². The minimum atomic E-state index is -0.452. The largest absolute Gasteiger partial charge is 0.337 e. The number of hydrogen-bond acceptors (Lipinski definition) is 5. The third kappa shape index (κ3) is 3.46. The Morgan fingerprint density at radius 3 is 2.75 bits per heavy atom. The first-order valence-electron chi connectivity index (χ1n) is 10.1. The lowest BCUT2D eigenvalue weighted by molar-refractivity contribution is -0.383. The smallest absolute Gasteiger partial charge is 0.295 e. The summed E-state index contributed by atoms with van der Waals surface area (Å²) >= 11 is 0. The van der Waals surface area contributed by atoms with Gasteiger partial charge in [0.2, 0.25) is 0 Å². The Balaban J connectivity index is 1.54. The molecule has 7 heteroatoms. The fourth-order valence-electron chi connectivity index (χ4n) is 4.71. The summed E-state index contributed by atoms with van der Waals surface area (Å²) < 4.78 is 0. The van der Waals surface area contributed by atoms with Crippen LogP contribution in [0.5, 0.6) is 0 Å². The Hall–Kier alpha value is -2.54. The third-order valence-corrected chi connectivity index (χ3v) is 6.33. The van der Waals surface area contributed by atoms with Crippen molar-refractivity contribution in [3.8, 4) is 0 Å². The molecule has 1 aromatic carbocycles. The van der Waals surface area contributed by atoms with Gasteiger partial charge < -0.3 is 4.90 Å². The SMILES string of the molecule is CN(C(=O)c1ccnc2c([N+](=O)[O-])cccc12)C1CCN(C2CCCCC2)C1. The van der Waals surface area contributed by atoms with Gasteiger partial charge in [-0.2, -0.15) is 0 Å². The minimum absolute atomic E-state index is 0.0702. The van der Waals surface area contributed by atoms with Crippen molar-refractivity contribution in [2.45, 2.75) is 50.6 Å². The number of non-ortho nitro benzene ring substituents is 1. The third-order valence-electron chi connectivity index (χ3n) is 6.33. The summed E-state index contributed by atoms with van der Waals surface area (Å²) in [4.78, 5) is 32.6. The summed E-state index contributed by atoms with van der Waals surface area (Å²) in [6.07, 6.45) is 8.95. The molecule has 2 heterocycles. The van der Waals surface area contributed by atoms with Crippen LogP contribution >= 0.6 is 0 Å². The first-order valence-corrected chi connectivity index (χ1v) is 10.1. The van der Waals surface area contributed by atoms with E-state index >= 15 is 0 Å². The lowest BCUT2D eigenvalue weighted by Gasteiger charge is -2.32. The molecule has 1 aromatic heterocycles. The summed E-state index contributed by atoms with van der Waals surface area (Å²) in [5.74, 6) is -0.0941. The molecule has 4 rings (SSSR count). The molecule has 1 unspecified atom stereocenters. The fraction of sp³-hybridized carbons (Fsp3) is 0.524. The van der Waals surface area contributed by atoms with Crippen molar-refractivity contribution in [1.82, 2.24) is 14.8 Å². The topological polar surface area (TPSA) is 79.6 Å². The first-order chi connectivity index (χ1) is 13.6. The second-order valence-corrected chi connectivity index (χ2v) is 7.93. The van der Waals surface area contributed by atoms with Gasteiger partial charge in [-0.1, -0.05) is 31.4 Å². The molecule has 1 aliphatic heterocycles. The number of aromatic nitrogens is 1. The summed E-state index contributed by atoms with van der Waals surface area (Å²) in [6.45, 7) is 1.95. The van der Waals surface area contributed by atoms with Crippen LogP contribution in [0.4, 0.5) is 5.69 Å². The Morgan fingerprint density at radius 2 is 2.00 bits per heavy atom. The van der Waals surface area contributed by atoms with Crippen LogP contribution in [0.1, 0.15) is 48.9 Å². The van der Waals surface area contributed by atoms with Crippen LogP contribution in [0.3, 0.4) is 0 Å². The van der Waals surface area contributed by atoms with Gasteiger partial charge in [0, 0.05) is 49.9 Å². The van der Waals surface area contributed by atoms with E-state index in [1.54, 1.807) is 18.2 Å². The van der Waals surface area contributed by atoms with Crippen molar-refractivity contribution in [3.05, 3.63) is 46.1 Å². The predicted molar refractivity (Wildman–Crippen MR) is 107 cm³/mol. The zero-order valence-corrected chi connectivity index (χ0v) is 16.2. The van der Waals surface area contributed by atoms with Gasteiger partial charge in [0.25, 0.3) is 11.6 Å². The monoisotopic (exact) mass is 382 g/mol. The molecule has 2 aliphatic rings. The van der Waals surface area contributed by atoms with Gasteiger partial charge in [0.1, 0.15) is 5.52 Å². The zero-order valence-electron chi connectivity index (χ0n) is 16.2. The van der Waals surface area contributed by atoms with E-state index in [1.807, 2.05) is 11.9 Å². The van der Waals surface area contributed by atoms with Crippen molar-refractivity contribution in [3.63, 3.8) is 0 Å². The molecule has 1 aliphatic carbocycles. The Kier molecular flexibility index (Phi) is 5.26. The second-order valence-electron chi connectivity index (χ2n) is 7.93. The van der Waals surface area contributed by atoms with Gasteiger partial charge in [-0.05, 0) is 25.3 Å². The summed E-state index contributed by atoms with van der Waals surface area (Å²) in [5, 5.41) is 11.8. The number of likely N-dealkylation sites (tertiary alicyclic amines) is 1. The number of nitro benzene ring substituents is 1. The van der Waals surface area contributed by atoms with Gasteiger partial charge in [0.05, 0.1) is 10.5 Å². The first kappa shape index (κ1) is 18.8. The number of hydrogen-bond donors (Lipinski definition) is 0. The molecule has 1 saturated heterocycles. The second kappa shape index (κ2) is 7.83. The number of amides is 1. The van der Waals surface area contributed by atoms with Crippen LogP contribution in [-0.4, -0.2) is 57.8 Å². The highest BCUT2D eigenvalue weighted by molar-refractivity contribution is 6.07. The fourth-order valence-corrected chi connectivity index (χ4v) is 4.71. The van der Waals surface area contributed by atoms with Crippen LogP contribution < -0.4 is 0 Å². The van der Waals surface area contributed by atoms with E-state index < -0.39 is 4.92 Å². The molecule has 7 nitrogen and oxygen atoms in total. The minimum Gasteiger partial charge on any atom is -0.337 e. The summed E-state index contributed by atoms with van der Waals surface area (Å²) in [7, 11) is 1.85. The highest BCUT2D eigenvalue weighted by atomic mass is 16.6. The van der Waals surface area contributed by atoms with Crippen molar-refractivity contribution in [2.75, 3.05) is 20.1 Å². The van der Waals surface area contributed by atoms with E-state index in [-0.39, 0.29) is 23.2 Å². The van der Waals surface area contributed by atoms with Gasteiger partial charge in [-0.25, -0.2) is 4.98 Å². The number of carbonyl (C=O) groups is 1. The quantitative estimate of drug-likeness (QED) is 0.596. The molecule has 0 radical (unpaired) electrons. The average molecular weight is 382 g/mol. The molecule has 1 saturated carbocycles. The maximum atomic E-state index is 13.2. The number of fused-ring (bicyclic) bond motifs is 1. The average Bonchev–Trinajstić information content (AvgIpc) is 3.22. The molecular formula is C21H26N4O3. The maximum absolute atomic E-state index is 13.2. The summed E-state index contributed by atoms with van der Waals surface area (Å²) in [5.41, 5.74) is 0.675. The van der Waals surface area contributed by atoms with E-state index in [4.69, 9.17) is 0 Å². The van der Waals surface area contributed by atoms with Crippen molar-refractivity contribution < 1.29 is 9.72 Å². The van der Waals surface area contributed by atoms with Crippen LogP contribution in [0, 0.1) is 10.1 Å². The molecule has 2 aromatic rings. The number of para-hydroxylation sites is 1. The zero-order chi connectivity index (χ0) is 19.7. The normalized spacial score (nSPS) is 21.1. The molecule has 0 N–H and O–H groups in total. The molecule has 0 bridgehead atoms. The van der Waals surface area contributed by atoms with E-state index in [2.05, 4.69) is 9.88 Å². The van der Waals surface area contributed by atoms with Crippen LogP contribution in [-0.2, 0) is 0 Å². The van der Waals surface area contributed by atoms with Crippen LogP contribution in [0.2, 0.25) is 0 Å². The molecule has 28 heavy (non-hydrogen) atoms. The molecule has 148 valence electrons.